The van der Waals surface area contributed by atoms with Crippen molar-refractivity contribution in [1.82, 2.24) is 9.47 Å². The summed E-state index contributed by atoms with van der Waals surface area (Å²) >= 11 is 17.7. The Morgan fingerprint density at radius 3 is 2.30 bits per heavy atom. The lowest BCUT2D eigenvalue weighted by molar-refractivity contribution is -0.143. The highest BCUT2D eigenvalue weighted by atomic mass is 35.5. The summed E-state index contributed by atoms with van der Waals surface area (Å²) in [5, 5.41) is -1.34. The number of hydrogen-bond acceptors (Lipinski definition) is 2. The lowest BCUT2D eigenvalue weighted by Gasteiger charge is -2.14. The number of ether oxygens (including phenoxy) is 1. The molecule has 1 heterocycles. The number of hydrogen-bond donors (Lipinski definition) is 0. The van der Waals surface area contributed by atoms with Crippen LogP contribution < -0.4 is 4.74 Å². The number of carbonyl (C=O) groups is 1. The smallest absolute Gasteiger partial charge is 0.432 e. The summed E-state index contributed by atoms with van der Waals surface area (Å²) in [7, 11) is 4.07. The van der Waals surface area contributed by atoms with E-state index in [1.54, 1.807) is 0 Å². The van der Waals surface area contributed by atoms with Gasteiger partial charge >= 0.3 is 6.18 Å². The van der Waals surface area contributed by atoms with Gasteiger partial charge in [0.1, 0.15) is 22.4 Å². The molecule has 1 aromatic heterocycles. The van der Waals surface area contributed by atoms with E-state index < -0.39 is 40.4 Å². The number of nitrogens with zero attached hydrogens (tertiary/aromatic N) is 2. The van der Waals surface area contributed by atoms with E-state index in [1.165, 1.54) is 19.0 Å². The molecule has 27 heavy (non-hydrogen) atoms. The molecule has 0 aliphatic heterocycles. The number of aromatic nitrogens is 1. The minimum absolute atomic E-state index is 0.104. The van der Waals surface area contributed by atoms with Crippen molar-refractivity contribution in [3.8, 4) is 16.9 Å². The molecule has 1 aromatic carbocycles. The molecule has 148 valence electrons. The Bertz CT molecular complexity index is 895. The first kappa shape index (κ1) is 21.7. The Labute approximate surface area is 167 Å². The lowest BCUT2D eigenvalue weighted by Crippen LogP contribution is -2.27. The van der Waals surface area contributed by atoms with Crippen molar-refractivity contribution in [2.24, 2.45) is 7.05 Å². The maximum Gasteiger partial charge on any atom is 0.432 e. The predicted molar refractivity (Wildman–Crippen MR) is 95.0 cm³/mol. The van der Waals surface area contributed by atoms with E-state index in [0.29, 0.717) is 4.57 Å². The number of rotatable bonds is 4. The normalized spacial score (nSPS) is 11.6. The zero-order chi connectivity index (χ0) is 20.7. The molecule has 0 saturated heterocycles. The minimum atomic E-state index is -4.80. The minimum Gasteiger partial charge on any atom is -0.482 e. The highest BCUT2D eigenvalue weighted by Gasteiger charge is 2.40. The predicted octanol–water partition coefficient (Wildman–Crippen LogP) is 5.28. The molecule has 4 nitrogen and oxygen atoms in total. The SMILES string of the molecule is CN(C)C(=O)COc1cc(-c2c(Cl)c(C(F)(F)F)n(C)c2Cl)c(F)cc1Cl. The highest BCUT2D eigenvalue weighted by Crippen LogP contribution is 2.47. The standard InChI is InChI=1S/C16H13Cl3F4N2O2/c1-24(2)11(26)6-27-10-4-7(9(20)5-8(10)17)12-13(18)14(16(21,22)23)25(3)15(12)19/h4-5H,6H2,1-3H3. The number of halogens is 7. The Morgan fingerprint density at radius 2 is 1.81 bits per heavy atom. The molecular formula is C16H13Cl3F4N2O2. The van der Waals surface area contributed by atoms with Gasteiger partial charge in [0, 0.05) is 32.3 Å². The van der Waals surface area contributed by atoms with Crippen LogP contribution in [0.4, 0.5) is 17.6 Å². The fourth-order valence-electron chi connectivity index (χ4n) is 2.27. The lowest BCUT2D eigenvalue weighted by atomic mass is 10.1. The molecule has 0 aliphatic rings. The summed E-state index contributed by atoms with van der Waals surface area (Å²) in [6.45, 7) is -0.401. The molecule has 2 rings (SSSR count). The topological polar surface area (TPSA) is 34.5 Å². The van der Waals surface area contributed by atoms with Crippen molar-refractivity contribution >= 4 is 40.7 Å². The molecule has 0 bridgehead atoms. The van der Waals surface area contributed by atoms with E-state index in [4.69, 9.17) is 39.5 Å². The second kappa shape index (κ2) is 7.77. The Kier molecular flexibility index (Phi) is 6.23. The second-order valence-electron chi connectivity index (χ2n) is 5.72. The molecule has 1 amide bonds. The third kappa shape index (κ3) is 4.28. The van der Waals surface area contributed by atoms with E-state index in [-0.39, 0.29) is 21.9 Å². The van der Waals surface area contributed by atoms with Crippen molar-refractivity contribution < 1.29 is 27.1 Å². The van der Waals surface area contributed by atoms with Crippen LogP contribution in [0, 0.1) is 5.82 Å². The number of alkyl halides is 3. The zero-order valence-corrected chi connectivity index (χ0v) is 16.5. The summed E-state index contributed by atoms with van der Waals surface area (Å²) in [4.78, 5) is 12.9. The van der Waals surface area contributed by atoms with Crippen molar-refractivity contribution in [1.29, 1.82) is 0 Å². The van der Waals surface area contributed by atoms with Gasteiger partial charge < -0.3 is 14.2 Å². The fraction of sp³-hybridized carbons (Fsp3) is 0.312. The van der Waals surface area contributed by atoms with E-state index in [1.807, 2.05) is 0 Å². The van der Waals surface area contributed by atoms with E-state index in [0.717, 1.165) is 19.2 Å². The first-order valence-electron chi connectivity index (χ1n) is 7.29. The third-order valence-electron chi connectivity index (χ3n) is 3.67. The van der Waals surface area contributed by atoms with E-state index in [9.17, 15) is 22.4 Å². The highest BCUT2D eigenvalue weighted by molar-refractivity contribution is 6.40. The van der Waals surface area contributed by atoms with Gasteiger partial charge in [-0.3, -0.25) is 4.79 Å². The van der Waals surface area contributed by atoms with Gasteiger partial charge in [-0.25, -0.2) is 4.39 Å². The molecule has 0 atom stereocenters. The van der Waals surface area contributed by atoms with Crippen LogP contribution in [0.15, 0.2) is 12.1 Å². The number of benzene rings is 1. The summed E-state index contributed by atoms with van der Waals surface area (Å²) in [6, 6.07) is 1.90. The van der Waals surface area contributed by atoms with Gasteiger partial charge in [-0.05, 0) is 12.1 Å². The maximum absolute atomic E-state index is 14.4. The van der Waals surface area contributed by atoms with Crippen LogP contribution in [0.2, 0.25) is 15.2 Å². The number of amides is 1. The van der Waals surface area contributed by atoms with Crippen molar-refractivity contribution in [2.75, 3.05) is 20.7 Å². The van der Waals surface area contributed by atoms with Gasteiger partial charge in [0.2, 0.25) is 0 Å². The molecule has 0 spiro atoms. The van der Waals surface area contributed by atoms with Crippen LogP contribution in [-0.4, -0.2) is 36.1 Å². The van der Waals surface area contributed by atoms with Gasteiger partial charge in [-0.1, -0.05) is 34.8 Å². The van der Waals surface area contributed by atoms with Gasteiger partial charge in [0.25, 0.3) is 5.91 Å². The average Bonchev–Trinajstić information content (AvgIpc) is 2.76. The zero-order valence-electron chi connectivity index (χ0n) is 14.2. The number of carbonyl (C=O) groups excluding carboxylic acids is 1. The second-order valence-corrected chi connectivity index (χ2v) is 6.87. The fourth-order valence-corrected chi connectivity index (χ4v) is 3.23. The quantitative estimate of drug-likeness (QED) is 0.598. The van der Waals surface area contributed by atoms with Crippen molar-refractivity contribution in [3.05, 3.63) is 38.8 Å². The van der Waals surface area contributed by atoms with E-state index in [2.05, 4.69) is 0 Å². The molecular weight excluding hydrogens is 435 g/mol. The summed E-state index contributed by atoms with van der Waals surface area (Å²) in [5.41, 5.74) is -1.91. The monoisotopic (exact) mass is 446 g/mol. The molecule has 11 heteroatoms. The molecule has 2 aromatic rings. The van der Waals surface area contributed by atoms with Crippen LogP contribution in [0.5, 0.6) is 5.75 Å². The van der Waals surface area contributed by atoms with Crippen LogP contribution in [-0.2, 0) is 18.0 Å². The van der Waals surface area contributed by atoms with Gasteiger partial charge in [-0.15, -0.1) is 0 Å². The van der Waals surface area contributed by atoms with Crippen LogP contribution in [0.3, 0.4) is 0 Å². The van der Waals surface area contributed by atoms with Gasteiger partial charge in [0.15, 0.2) is 6.61 Å². The van der Waals surface area contributed by atoms with Crippen molar-refractivity contribution in [2.45, 2.75) is 6.18 Å². The Hall–Kier alpha value is -1.64. The van der Waals surface area contributed by atoms with Gasteiger partial charge in [0.05, 0.1) is 10.0 Å². The molecule has 0 aliphatic carbocycles. The molecule has 0 radical (unpaired) electrons. The van der Waals surface area contributed by atoms with Gasteiger partial charge in [-0.2, -0.15) is 13.2 Å². The summed E-state index contributed by atoms with van der Waals surface area (Å²) < 4.78 is 59.9. The van der Waals surface area contributed by atoms with E-state index >= 15 is 0 Å². The van der Waals surface area contributed by atoms with Crippen LogP contribution in [0.1, 0.15) is 5.69 Å². The Morgan fingerprint density at radius 1 is 1.22 bits per heavy atom. The molecule has 0 saturated carbocycles. The molecule has 0 fully saturated rings. The summed E-state index contributed by atoms with van der Waals surface area (Å²) in [5.74, 6) is -1.45. The third-order valence-corrected chi connectivity index (χ3v) is 4.78. The Balaban J connectivity index is 2.57. The maximum atomic E-state index is 14.4. The number of likely N-dealkylation sites (N-methyl/N-ethyl adjacent to an activating group) is 1. The average molecular weight is 448 g/mol. The molecule has 0 unspecified atom stereocenters. The van der Waals surface area contributed by atoms with Crippen LogP contribution in [0.25, 0.3) is 11.1 Å². The van der Waals surface area contributed by atoms with Crippen molar-refractivity contribution in [3.63, 3.8) is 0 Å². The largest absolute Gasteiger partial charge is 0.482 e. The first-order valence-corrected chi connectivity index (χ1v) is 8.42. The molecule has 0 N–H and O–H groups in total. The van der Waals surface area contributed by atoms with Crippen LogP contribution >= 0.6 is 34.8 Å². The summed E-state index contributed by atoms with van der Waals surface area (Å²) in [6.07, 6.45) is -4.80. The first-order chi connectivity index (χ1) is 12.4.